The van der Waals surface area contributed by atoms with Crippen LogP contribution >= 0.6 is 0 Å². The molecule has 1 aromatic carbocycles. The van der Waals surface area contributed by atoms with E-state index in [0.717, 1.165) is 49.6 Å². The van der Waals surface area contributed by atoms with E-state index in [4.69, 9.17) is 4.42 Å². The number of nitrogens with zero attached hydrogens (tertiary/aromatic N) is 3. The Labute approximate surface area is 136 Å². The lowest BCUT2D eigenvalue weighted by molar-refractivity contribution is 0.128. The molecule has 0 radical (unpaired) electrons. The normalized spacial score (nSPS) is 17.4. The smallest absolute Gasteiger partial charge is 0.317 e. The molecule has 2 heterocycles. The summed E-state index contributed by atoms with van der Waals surface area (Å²) in [7, 11) is 0. The molecule has 0 aliphatic carbocycles. The van der Waals surface area contributed by atoms with E-state index < -0.39 is 0 Å². The molecule has 0 saturated carbocycles. The Morgan fingerprint density at radius 3 is 2.74 bits per heavy atom. The van der Waals surface area contributed by atoms with Gasteiger partial charge in [0.2, 0.25) is 5.89 Å². The van der Waals surface area contributed by atoms with E-state index in [1.54, 1.807) is 0 Å². The minimum Gasteiger partial charge on any atom is -0.439 e. The average molecular weight is 316 g/mol. The largest absolute Gasteiger partial charge is 0.439 e. The number of fused-ring (bicyclic) bond motifs is 1. The first-order chi connectivity index (χ1) is 11.2. The third kappa shape index (κ3) is 3.82. The van der Waals surface area contributed by atoms with Gasteiger partial charge in [0.1, 0.15) is 5.52 Å². The summed E-state index contributed by atoms with van der Waals surface area (Å²) in [5, 5.41) is 3.02. The minimum absolute atomic E-state index is 0.0425. The van der Waals surface area contributed by atoms with Crippen molar-refractivity contribution in [1.82, 2.24) is 20.1 Å². The van der Waals surface area contributed by atoms with Crippen LogP contribution in [0.4, 0.5) is 4.79 Å². The van der Waals surface area contributed by atoms with E-state index in [1.807, 2.05) is 36.1 Å². The highest BCUT2D eigenvalue weighted by Gasteiger charge is 2.22. The van der Waals surface area contributed by atoms with Crippen molar-refractivity contribution in [1.29, 1.82) is 0 Å². The number of urea groups is 1. The number of piperazine rings is 1. The van der Waals surface area contributed by atoms with Gasteiger partial charge in [-0.3, -0.25) is 4.90 Å². The van der Waals surface area contributed by atoms with Crippen molar-refractivity contribution in [2.45, 2.75) is 32.9 Å². The highest BCUT2D eigenvalue weighted by Crippen LogP contribution is 2.16. The molecule has 1 atom stereocenters. The summed E-state index contributed by atoms with van der Waals surface area (Å²) in [6.07, 6.45) is 0.948. The molecule has 1 aromatic heterocycles. The maximum Gasteiger partial charge on any atom is 0.317 e. The van der Waals surface area contributed by atoms with Crippen LogP contribution < -0.4 is 5.32 Å². The quantitative estimate of drug-likeness (QED) is 0.941. The van der Waals surface area contributed by atoms with E-state index in [9.17, 15) is 4.79 Å². The zero-order chi connectivity index (χ0) is 16.2. The summed E-state index contributed by atoms with van der Waals surface area (Å²) in [4.78, 5) is 20.8. The Hall–Kier alpha value is -2.08. The first-order valence-corrected chi connectivity index (χ1v) is 8.28. The van der Waals surface area contributed by atoms with Crippen LogP contribution in [0.1, 0.15) is 26.2 Å². The number of nitrogens with one attached hydrogen (secondary N) is 1. The third-order valence-corrected chi connectivity index (χ3v) is 4.34. The summed E-state index contributed by atoms with van der Waals surface area (Å²) in [6.45, 7) is 7.95. The van der Waals surface area contributed by atoms with Gasteiger partial charge < -0.3 is 14.6 Å². The van der Waals surface area contributed by atoms with Crippen molar-refractivity contribution in [3.63, 3.8) is 0 Å². The van der Waals surface area contributed by atoms with E-state index >= 15 is 0 Å². The Balaban J connectivity index is 1.52. The molecular formula is C17H24N4O2. The van der Waals surface area contributed by atoms with Crippen molar-refractivity contribution >= 4 is 17.1 Å². The van der Waals surface area contributed by atoms with Crippen LogP contribution in [0.15, 0.2) is 28.7 Å². The van der Waals surface area contributed by atoms with Crippen molar-refractivity contribution in [2.24, 2.45) is 0 Å². The second-order valence-electron chi connectivity index (χ2n) is 6.10. The van der Waals surface area contributed by atoms with Crippen molar-refractivity contribution in [2.75, 3.05) is 26.2 Å². The number of carbonyl (C=O) groups excluding carboxylic acids is 1. The zero-order valence-corrected chi connectivity index (χ0v) is 13.8. The van der Waals surface area contributed by atoms with Crippen LogP contribution in [0.2, 0.25) is 0 Å². The summed E-state index contributed by atoms with van der Waals surface area (Å²) >= 11 is 0. The molecule has 1 aliphatic heterocycles. The maximum absolute atomic E-state index is 12.1. The zero-order valence-electron chi connectivity index (χ0n) is 13.8. The number of para-hydroxylation sites is 2. The number of amides is 2. The van der Waals surface area contributed by atoms with E-state index in [2.05, 4.69) is 22.1 Å². The van der Waals surface area contributed by atoms with E-state index in [1.165, 1.54) is 0 Å². The van der Waals surface area contributed by atoms with Gasteiger partial charge in [0.05, 0.1) is 6.54 Å². The number of aromatic nitrogens is 1. The van der Waals surface area contributed by atoms with Gasteiger partial charge in [0, 0.05) is 32.2 Å². The first kappa shape index (κ1) is 15.8. The maximum atomic E-state index is 12.1. The lowest BCUT2D eigenvalue weighted by Crippen LogP contribution is -2.52. The van der Waals surface area contributed by atoms with Gasteiger partial charge in [-0.05, 0) is 25.5 Å². The Morgan fingerprint density at radius 2 is 2.04 bits per heavy atom. The molecule has 6 nitrogen and oxygen atoms in total. The predicted molar refractivity (Wildman–Crippen MR) is 89.1 cm³/mol. The number of rotatable bonds is 4. The number of carbonyl (C=O) groups is 1. The summed E-state index contributed by atoms with van der Waals surface area (Å²) < 4.78 is 5.77. The fraction of sp³-hybridized carbons (Fsp3) is 0.529. The predicted octanol–water partition coefficient (Wildman–Crippen LogP) is 2.45. The standard InChI is InChI=1S/C17H24N4O2/c1-3-13(2)18-17(22)21-10-8-20(9-11-21)12-16-19-14-6-4-5-7-15(14)23-16/h4-7,13H,3,8-12H2,1-2H3,(H,18,22). The Bertz CT molecular complexity index is 628. The van der Waals surface area contributed by atoms with E-state index in [-0.39, 0.29) is 12.1 Å². The summed E-state index contributed by atoms with van der Waals surface area (Å²) in [5.41, 5.74) is 1.73. The highest BCUT2D eigenvalue weighted by molar-refractivity contribution is 5.74. The third-order valence-electron chi connectivity index (χ3n) is 4.34. The van der Waals surface area contributed by atoms with Crippen molar-refractivity contribution in [3.05, 3.63) is 30.2 Å². The molecule has 2 amide bonds. The van der Waals surface area contributed by atoms with Crippen LogP contribution in [0.25, 0.3) is 11.1 Å². The number of hydrogen-bond donors (Lipinski definition) is 1. The molecule has 1 N–H and O–H groups in total. The molecule has 23 heavy (non-hydrogen) atoms. The second kappa shape index (κ2) is 7.00. The molecule has 6 heteroatoms. The number of oxazole rings is 1. The molecule has 2 aromatic rings. The minimum atomic E-state index is 0.0425. The molecule has 1 unspecified atom stereocenters. The molecule has 1 saturated heterocycles. The monoisotopic (exact) mass is 316 g/mol. The molecule has 0 bridgehead atoms. The molecule has 3 rings (SSSR count). The number of hydrogen-bond acceptors (Lipinski definition) is 4. The highest BCUT2D eigenvalue weighted by atomic mass is 16.3. The van der Waals surface area contributed by atoms with Gasteiger partial charge >= 0.3 is 6.03 Å². The molecular weight excluding hydrogens is 292 g/mol. The second-order valence-corrected chi connectivity index (χ2v) is 6.10. The first-order valence-electron chi connectivity index (χ1n) is 8.28. The fourth-order valence-electron chi connectivity index (χ4n) is 2.69. The summed E-state index contributed by atoms with van der Waals surface area (Å²) in [5.74, 6) is 0.740. The van der Waals surface area contributed by atoms with Gasteiger partial charge in [-0.15, -0.1) is 0 Å². The SMILES string of the molecule is CCC(C)NC(=O)N1CCN(Cc2nc3ccccc3o2)CC1. The van der Waals surface area contributed by atoms with Crippen LogP contribution in [0.3, 0.4) is 0 Å². The van der Waals surface area contributed by atoms with E-state index in [0.29, 0.717) is 6.54 Å². The van der Waals surface area contributed by atoms with Crippen LogP contribution in [-0.2, 0) is 6.54 Å². The van der Waals surface area contributed by atoms with Gasteiger partial charge in [-0.2, -0.15) is 0 Å². The van der Waals surface area contributed by atoms with Crippen LogP contribution in [0.5, 0.6) is 0 Å². The number of benzene rings is 1. The van der Waals surface area contributed by atoms with Gasteiger partial charge in [0.25, 0.3) is 0 Å². The van der Waals surface area contributed by atoms with Crippen LogP contribution in [-0.4, -0.2) is 53.0 Å². The summed E-state index contributed by atoms with van der Waals surface area (Å²) in [6, 6.07) is 8.07. The Morgan fingerprint density at radius 1 is 1.30 bits per heavy atom. The van der Waals surface area contributed by atoms with Crippen LogP contribution in [0, 0.1) is 0 Å². The fourth-order valence-corrected chi connectivity index (χ4v) is 2.69. The van der Waals surface area contributed by atoms with Gasteiger partial charge in [-0.25, -0.2) is 9.78 Å². The lowest BCUT2D eigenvalue weighted by Gasteiger charge is -2.34. The van der Waals surface area contributed by atoms with Gasteiger partial charge in [-0.1, -0.05) is 19.1 Å². The average Bonchev–Trinajstić information content (AvgIpc) is 2.97. The van der Waals surface area contributed by atoms with Gasteiger partial charge in [0.15, 0.2) is 5.58 Å². The Kier molecular flexibility index (Phi) is 4.81. The lowest BCUT2D eigenvalue weighted by atomic mass is 10.2. The molecule has 1 aliphatic rings. The molecule has 124 valence electrons. The molecule has 1 fully saturated rings. The topological polar surface area (TPSA) is 61.6 Å². The van der Waals surface area contributed by atoms with Crippen molar-refractivity contribution in [3.8, 4) is 0 Å². The molecule has 0 spiro atoms. The van der Waals surface area contributed by atoms with Crippen molar-refractivity contribution < 1.29 is 9.21 Å².